The van der Waals surface area contributed by atoms with Crippen LogP contribution >= 0.6 is 0 Å². The highest BCUT2D eigenvalue weighted by molar-refractivity contribution is 6.37. The van der Waals surface area contributed by atoms with E-state index in [1.54, 1.807) is 12.4 Å². The van der Waals surface area contributed by atoms with Crippen LogP contribution in [-0.4, -0.2) is 23.0 Å². The minimum atomic E-state index is -0.477. The summed E-state index contributed by atoms with van der Waals surface area (Å²) in [6.07, 6.45) is 3.36. The van der Waals surface area contributed by atoms with Gasteiger partial charge in [-0.05, 0) is 24.1 Å². The van der Waals surface area contributed by atoms with Crippen LogP contribution in [-0.2, 0) is 9.59 Å². The molecule has 1 aliphatic rings. The van der Waals surface area contributed by atoms with Crippen LogP contribution < -0.4 is 5.32 Å². The smallest absolute Gasteiger partial charge is 0.277 e. The average molecular weight is 329 g/mol. The summed E-state index contributed by atoms with van der Waals surface area (Å²) in [5.41, 5.74) is 3.96. The number of H-pyrrole nitrogens is 1. The third-order valence-corrected chi connectivity index (χ3v) is 4.29. The second kappa shape index (κ2) is 5.87. The number of aliphatic imine (C=N–C) groups is 1. The zero-order valence-corrected chi connectivity index (χ0v) is 13.5. The number of carbonyl (C=O) groups is 2. The molecule has 0 unspecified atom stereocenters. The number of benzene rings is 2. The van der Waals surface area contributed by atoms with Crippen molar-refractivity contribution >= 4 is 34.5 Å². The maximum absolute atomic E-state index is 12.3. The van der Waals surface area contributed by atoms with Gasteiger partial charge in [0.1, 0.15) is 5.70 Å². The van der Waals surface area contributed by atoms with Crippen LogP contribution in [0.1, 0.15) is 16.7 Å². The number of amides is 2. The maximum Gasteiger partial charge on any atom is 0.277 e. The fourth-order valence-electron chi connectivity index (χ4n) is 2.96. The third-order valence-electron chi connectivity index (χ3n) is 4.29. The van der Waals surface area contributed by atoms with Crippen molar-refractivity contribution in [1.29, 1.82) is 0 Å². The van der Waals surface area contributed by atoms with Gasteiger partial charge in [0.25, 0.3) is 11.8 Å². The summed E-state index contributed by atoms with van der Waals surface area (Å²) < 4.78 is 0. The Morgan fingerprint density at radius 3 is 2.56 bits per heavy atom. The summed E-state index contributed by atoms with van der Waals surface area (Å²) >= 11 is 0. The van der Waals surface area contributed by atoms with E-state index in [4.69, 9.17) is 0 Å². The Bertz CT molecular complexity index is 1070. The van der Waals surface area contributed by atoms with E-state index in [1.807, 2.05) is 55.5 Å². The monoisotopic (exact) mass is 329 g/mol. The lowest BCUT2D eigenvalue weighted by Crippen LogP contribution is -2.22. The molecule has 25 heavy (non-hydrogen) atoms. The van der Waals surface area contributed by atoms with Gasteiger partial charge < -0.3 is 4.98 Å². The molecule has 0 bridgehead atoms. The van der Waals surface area contributed by atoms with Crippen molar-refractivity contribution in [2.24, 2.45) is 4.99 Å². The van der Waals surface area contributed by atoms with Crippen LogP contribution in [0.5, 0.6) is 0 Å². The van der Waals surface area contributed by atoms with E-state index in [0.29, 0.717) is 11.1 Å². The highest BCUT2D eigenvalue weighted by Gasteiger charge is 2.32. The molecule has 1 aliphatic heterocycles. The molecule has 2 aromatic carbocycles. The van der Waals surface area contributed by atoms with E-state index in [1.165, 1.54) is 0 Å². The number of nitrogens with zero attached hydrogens (tertiary/aromatic N) is 1. The van der Waals surface area contributed by atoms with E-state index < -0.39 is 11.8 Å². The molecule has 5 heteroatoms. The summed E-state index contributed by atoms with van der Waals surface area (Å²) in [4.78, 5) is 32.0. The number of imide groups is 1. The third kappa shape index (κ3) is 2.55. The summed E-state index contributed by atoms with van der Waals surface area (Å²) in [7, 11) is 0. The summed E-state index contributed by atoms with van der Waals surface area (Å²) in [5.74, 6) is -0.901. The Morgan fingerprint density at radius 2 is 1.72 bits per heavy atom. The number of fused-ring (bicyclic) bond motifs is 1. The van der Waals surface area contributed by atoms with E-state index in [-0.39, 0.29) is 5.70 Å². The molecule has 0 spiro atoms. The average Bonchev–Trinajstić information content (AvgIpc) is 3.14. The van der Waals surface area contributed by atoms with Gasteiger partial charge in [-0.2, -0.15) is 0 Å². The molecule has 5 nitrogen and oxygen atoms in total. The van der Waals surface area contributed by atoms with Crippen molar-refractivity contribution in [2.45, 2.75) is 6.92 Å². The van der Waals surface area contributed by atoms with Gasteiger partial charge in [0.05, 0.1) is 5.57 Å². The number of aryl methyl sites for hydroxylation is 1. The number of carbonyl (C=O) groups excluding carboxylic acids is 2. The molecule has 0 radical (unpaired) electrons. The molecule has 3 aromatic rings. The topological polar surface area (TPSA) is 74.3 Å². The van der Waals surface area contributed by atoms with Gasteiger partial charge >= 0.3 is 0 Å². The maximum atomic E-state index is 12.3. The summed E-state index contributed by atoms with van der Waals surface area (Å²) in [6, 6.07) is 15.4. The van der Waals surface area contributed by atoms with Gasteiger partial charge in [-0.1, -0.05) is 42.5 Å². The Morgan fingerprint density at radius 1 is 0.960 bits per heavy atom. The van der Waals surface area contributed by atoms with E-state index in [0.717, 1.165) is 22.0 Å². The van der Waals surface area contributed by atoms with Gasteiger partial charge in [0.2, 0.25) is 0 Å². The van der Waals surface area contributed by atoms with Crippen molar-refractivity contribution in [3.63, 3.8) is 0 Å². The number of rotatable bonds is 3. The molecule has 0 saturated heterocycles. The fraction of sp³-hybridized carbons (Fsp3) is 0.0500. The molecule has 1 aromatic heterocycles. The number of aromatic nitrogens is 1. The van der Waals surface area contributed by atoms with Crippen molar-refractivity contribution in [1.82, 2.24) is 10.3 Å². The zero-order valence-electron chi connectivity index (χ0n) is 13.5. The summed E-state index contributed by atoms with van der Waals surface area (Å²) in [5, 5.41) is 3.22. The molecule has 0 fully saturated rings. The van der Waals surface area contributed by atoms with Gasteiger partial charge in [-0.15, -0.1) is 0 Å². The highest BCUT2D eigenvalue weighted by Crippen LogP contribution is 2.30. The van der Waals surface area contributed by atoms with Gasteiger partial charge in [-0.25, -0.2) is 4.99 Å². The quantitative estimate of drug-likeness (QED) is 0.573. The Kier molecular flexibility index (Phi) is 3.54. The first-order chi connectivity index (χ1) is 12.1. The number of aromatic amines is 1. The van der Waals surface area contributed by atoms with Crippen LogP contribution in [0.15, 0.2) is 65.4 Å². The van der Waals surface area contributed by atoms with Crippen LogP contribution in [0.25, 0.3) is 16.5 Å². The molecule has 2 N–H and O–H groups in total. The first kappa shape index (κ1) is 15.1. The molecule has 4 rings (SSSR count). The largest absolute Gasteiger partial charge is 0.361 e. The van der Waals surface area contributed by atoms with Gasteiger partial charge in [0.15, 0.2) is 0 Å². The van der Waals surface area contributed by atoms with E-state index in [2.05, 4.69) is 15.3 Å². The molecular formula is C20H15N3O2. The Hall–Kier alpha value is -3.47. The molecule has 122 valence electrons. The van der Waals surface area contributed by atoms with Crippen LogP contribution in [0.3, 0.4) is 0 Å². The van der Waals surface area contributed by atoms with Crippen LogP contribution in [0.2, 0.25) is 0 Å². The lowest BCUT2D eigenvalue weighted by molar-refractivity contribution is -0.123. The second-order valence-electron chi connectivity index (χ2n) is 5.87. The molecule has 2 amide bonds. The summed E-state index contributed by atoms with van der Waals surface area (Å²) in [6.45, 7) is 1.97. The van der Waals surface area contributed by atoms with Crippen molar-refractivity contribution in [3.05, 3.63) is 77.1 Å². The SMILES string of the molecule is Cc1ccccc1C=NC1=C(c2c[nH]c3ccccc23)C(=O)NC1=O. The van der Waals surface area contributed by atoms with Crippen LogP contribution in [0.4, 0.5) is 0 Å². The van der Waals surface area contributed by atoms with Crippen molar-refractivity contribution in [2.75, 3.05) is 0 Å². The molecule has 0 saturated carbocycles. The predicted octanol–water partition coefficient (Wildman–Crippen LogP) is 2.96. The molecular weight excluding hydrogens is 314 g/mol. The zero-order chi connectivity index (χ0) is 17.4. The number of hydrogen-bond acceptors (Lipinski definition) is 3. The number of nitrogens with one attached hydrogen (secondary N) is 2. The predicted molar refractivity (Wildman–Crippen MR) is 97.1 cm³/mol. The molecule has 2 heterocycles. The van der Waals surface area contributed by atoms with Gasteiger partial charge in [0, 0.05) is 28.9 Å². The highest BCUT2D eigenvalue weighted by atomic mass is 16.2. The van der Waals surface area contributed by atoms with Gasteiger partial charge in [-0.3, -0.25) is 14.9 Å². The lowest BCUT2D eigenvalue weighted by atomic mass is 10.0. The van der Waals surface area contributed by atoms with Crippen LogP contribution in [0, 0.1) is 6.92 Å². The number of hydrogen-bond donors (Lipinski definition) is 2. The van der Waals surface area contributed by atoms with E-state index in [9.17, 15) is 9.59 Å². The van der Waals surface area contributed by atoms with E-state index >= 15 is 0 Å². The van der Waals surface area contributed by atoms with Crippen molar-refractivity contribution in [3.8, 4) is 0 Å². The minimum Gasteiger partial charge on any atom is -0.361 e. The first-order valence-corrected chi connectivity index (χ1v) is 7.91. The lowest BCUT2D eigenvalue weighted by Gasteiger charge is -2.00. The minimum absolute atomic E-state index is 0.137. The van der Waals surface area contributed by atoms with Crippen molar-refractivity contribution < 1.29 is 9.59 Å². The molecule has 0 aliphatic carbocycles. The Balaban J connectivity index is 1.86. The number of para-hydroxylation sites is 1. The first-order valence-electron chi connectivity index (χ1n) is 7.91. The standard InChI is InChI=1S/C20H15N3O2/c1-12-6-2-3-7-13(12)10-22-18-17(19(24)23-20(18)25)15-11-21-16-9-5-4-8-14(15)16/h2-11,21H,1H3,(H,23,24,25). The Labute approximate surface area is 144 Å². The fourth-order valence-corrected chi connectivity index (χ4v) is 2.96. The second-order valence-corrected chi connectivity index (χ2v) is 5.87. The molecule has 0 atom stereocenters. The normalized spacial score (nSPS) is 14.8.